The standard InChI is InChI=1S/C21H22FN3O/c1-14-20(15(2)25-24-14)13-23-21(26)12-19(16-6-4-3-5-7-16)17-8-10-18(22)11-9-17/h3-11,19H,12-13H2,1-2H3,(H,23,26)(H,24,25). The van der Waals surface area contributed by atoms with Crippen molar-refractivity contribution in [3.05, 3.63) is 88.5 Å². The summed E-state index contributed by atoms with van der Waals surface area (Å²) in [5, 5.41) is 10.0. The van der Waals surface area contributed by atoms with Crippen molar-refractivity contribution < 1.29 is 9.18 Å². The maximum Gasteiger partial charge on any atom is 0.221 e. The molecule has 134 valence electrons. The molecule has 26 heavy (non-hydrogen) atoms. The lowest BCUT2D eigenvalue weighted by atomic mass is 9.88. The topological polar surface area (TPSA) is 57.8 Å². The van der Waals surface area contributed by atoms with Gasteiger partial charge in [-0.05, 0) is 37.1 Å². The number of carbonyl (C=O) groups is 1. The molecule has 2 aromatic carbocycles. The number of aryl methyl sites for hydroxylation is 2. The fraction of sp³-hybridized carbons (Fsp3) is 0.238. The Bertz CT molecular complexity index is 853. The minimum Gasteiger partial charge on any atom is -0.352 e. The minimum absolute atomic E-state index is 0.0526. The molecule has 0 saturated heterocycles. The Labute approximate surface area is 152 Å². The van der Waals surface area contributed by atoms with Crippen molar-refractivity contribution in [1.82, 2.24) is 15.5 Å². The number of nitrogens with zero attached hydrogens (tertiary/aromatic N) is 1. The number of hydrogen-bond acceptors (Lipinski definition) is 2. The highest BCUT2D eigenvalue weighted by molar-refractivity contribution is 5.77. The Kier molecular flexibility index (Phi) is 5.46. The summed E-state index contributed by atoms with van der Waals surface area (Å²) >= 11 is 0. The molecule has 3 aromatic rings. The van der Waals surface area contributed by atoms with Gasteiger partial charge in [-0.25, -0.2) is 4.39 Å². The van der Waals surface area contributed by atoms with Crippen LogP contribution in [-0.2, 0) is 11.3 Å². The van der Waals surface area contributed by atoms with E-state index in [1.807, 2.05) is 44.2 Å². The number of halogens is 1. The Hall–Kier alpha value is -2.95. The second kappa shape index (κ2) is 7.95. The SMILES string of the molecule is Cc1n[nH]c(C)c1CNC(=O)CC(c1ccccc1)c1ccc(F)cc1. The molecule has 5 heteroatoms. The molecule has 3 rings (SSSR count). The van der Waals surface area contributed by atoms with Gasteiger partial charge in [-0.2, -0.15) is 5.10 Å². The first-order valence-electron chi connectivity index (χ1n) is 8.62. The zero-order valence-corrected chi connectivity index (χ0v) is 14.9. The zero-order chi connectivity index (χ0) is 18.5. The van der Waals surface area contributed by atoms with Crippen LogP contribution in [0.4, 0.5) is 4.39 Å². The van der Waals surface area contributed by atoms with E-state index in [-0.39, 0.29) is 17.6 Å². The first-order valence-corrected chi connectivity index (χ1v) is 8.62. The van der Waals surface area contributed by atoms with Crippen LogP contribution in [0.5, 0.6) is 0 Å². The van der Waals surface area contributed by atoms with Crippen molar-refractivity contribution in [2.24, 2.45) is 0 Å². The lowest BCUT2D eigenvalue weighted by molar-refractivity contribution is -0.121. The van der Waals surface area contributed by atoms with Crippen LogP contribution in [0.2, 0.25) is 0 Å². The second-order valence-electron chi connectivity index (χ2n) is 6.41. The number of hydrogen-bond donors (Lipinski definition) is 2. The summed E-state index contributed by atoms with van der Waals surface area (Å²) in [6.07, 6.45) is 0.297. The second-order valence-corrected chi connectivity index (χ2v) is 6.41. The van der Waals surface area contributed by atoms with Crippen LogP contribution in [0.25, 0.3) is 0 Å². The smallest absolute Gasteiger partial charge is 0.221 e. The number of amides is 1. The molecule has 0 spiro atoms. The Morgan fingerprint density at radius 2 is 1.73 bits per heavy atom. The number of carbonyl (C=O) groups excluding carboxylic acids is 1. The summed E-state index contributed by atoms with van der Waals surface area (Å²) in [6, 6.07) is 16.2. The van der Waals surface area contributed by atoms with E-state index in [4.69, 9.17) is 0 Å². The number of H-pyrrole nitrogens is 1. The van der Waals surface area contributed by atoms with Gasteiger partial charge >= 0.3 is 0 Å². The average Bonchev–Trinajstić information content (AvgIpc) is 2.97. The Morgan fingerprint density at radius 3 is 2.35 bits per heavy atom. The summed E-state index contributed by atoms with van der Waals surface area (Å²) in [5.41, 5.74) is 4.81. The van der Waals surface area contributed by atoms with Gasteiger partial charge in [-0.3, -0.25) is 9.89 Å². The van der Waals surface area contributed by atoms with E-state index in [2.05, 4.69) is 15.5 Å². The van der Waals surface area contributed by atoms with Gasteiger partial charge in [0.2, 0.25) is 5.91 Å². The summed E-state index contributed by atoms with van der Waals surface area (Å²) in [7, 11) is 0. The number of benzene rings is 2. The molecule has 0 aliphatic rings. The Morgan fingerprint density at radius 1 is 1.08 bits per heavy atom. The van der Waals surface area contributed by atoms with Crippen LogP contribution in [0.3, 0.4) is 0 Å². The minimum atomic E-state index is -0.282. The normalized spacial score (nSPS) is 12.0. The predicted molar refractivity (Wildman–Crippen MR) is 99.2 cm³/mol. The third kappa shape index (κ3) is 4.17. The van der Waals surface area contributed by atoms with Gasteiger partial charge < -0.3 is 5.32 Å². The molecule has 1 heterocycles. The van der Waals surface area contributed by atoms with Gasteiger partial charge in [0.25, 0.3) is 0 Å². The molecular weight excluding hydrogens is 329 g/mol. The molecule has 0 saturated carbocycles. The molecule has 0 fully saturated rings. The lowest BCUT2D eigenvalue weighted by Gasteiger charge is -2.18. The maximum absolute atomic E-state index is 13.3. The summed E-state index contributed by atoms with van der Waals surface area (Å²) < 4.78 is 13.3. The molecule has 0 bridgehead atoms. The lowest BCUT2D eigenvalue weighted by Crippen LogP contribution is -2.25. The van der Waals surface area contributed by atoms with Crippen LogP contribution >= 0.6 is 0 Å². The van der Waals surface area contributed by atoms with Gasteiger partial charge in [-0.15, -0.1) is 0 Å². The number of nitrogens with one attached hydrogen (secondary N) is 2. The van der Waals surface area contributed by atoms with E-state index in [0.29, 0.717) is 13.0 Å². The van der Waals surface area contributed by atoms with Gasteiger partial charge in [-0.1, -0.05) is 42.5 Å². The highest BCUT2D eigenvalue weighted by atomic mass is 19.1. The highest BCUT2D eigenvalue weighted by Crippen LogP contribution is 2.28. The molecule has 0 aliphatic heterocycles. The van der Waals surface area contributed by atoms with E-state index in [9.17, 15) is 9.18 Å². The fourth-order valence-electron chi connectivity index (χ4n) is 3.09. The summed E-state index contributed by atoms with van der Waals surface area (Å²) in [4.78, 5) is 12.6. The van der Waals surface area contributed by atoms with Crippen molar-refractivity contribution in [3.8, 4) is 0 Å². The van der Waals surface area contributed by atoms with Gasteiger partial charge in [0.1, 0.15) is 5.82 Å². The highest BCUT2D eigenvalue weighted by Gasteiger charge is 2.19. The molecule has 4 nitrogen and oxygen atoms in total. The molecule has 0 radical (unpaired) electrons. The van der Waals surface area contributed by atoms with Crippen LogP contribution in [0, 0.1) is 19.7 Å². The molecule has 1 amide bonds. The summed E-state index contributed by atoms with van der Waals surface area (Å²) in [5.74, 6) is -0.456. The number of aromatic amines is 1. The van der Waals surface area contributed by atoms with E-state index in [1.54, 1.807) is 12.1 Å². The fourth-order valence-corrected chi connectivity index (χ4v) is 3.09. The van der Waals surface area contributed by atoms with Crippen molar-refractivity contribution >= 4 is 5.91 Å². The first-order chi connectivity index (χ1) is 12.5. The largest absolute Gasteiger partial charge is 0.352 e. The van der Waals surface area contributed by atoms with Crippen molar-refractivity contribution in [3.63, 3.8) is 0 Å². The third-order valence-electron chi connectivity index (χ3n) is 4.61. The van der Waals surface area contributed by atoms with Crippen molar-refractivity contribution in [1.29, 1.82) is 0 Å². The molecule has 1 unspecified atom stereocenters. The molecule has 0 aliphatic carbocycles. The number of aromatic nitrogens is 2. The first kappa shape index (κ1) is 17.9. The average molecular weight is 351 g/mol. The van der Waals surface area contributed by atoms with Gasteiger partial charge in [0.15, 0.2) is 0 Å². The molecule has 1 aromatic heterocycles. The van der Waals surface area contributed by atoms with E-state index < -0.39 is 0 Å². The van der Waals surface area contributed by atoms with Crippen molar-refractivity contribution in [2.45, 2.75) is 32.7 Å². The van der Waals surface area contributed by atoms with Gasteiger partial charge in [0.05, 0.1) is 5.69 Å². The maximum atomic E-state index is 13.3. The van der Waals surface area contributed by atoms with Crippen LogP contribution < -0.4 is 5.32 Å². The third-order valence-corrected chi connectivity index (χ3v) is 4.61. The summed E-state index contributed by atoms with van der Waals surface area (Å²) in [6.45, 7) is 4.29. The van der Waals surface area contributed by atoms with Gasteiger partial charge in [0, 0.05) is 30.1 Å². The predicted octanol–water partition coefficient (Wildman–Crippen LogP) is 4.00. The Balaban J connectivity index is 1.75. The van der Waals surface area contributed by atoms with Crippen LogP contribution in [-0.4, -0.2) is 16.1 Å². The van der Waals surface area contributed by atoms with Crippen LogP contribution in [0.15, 0.2) is 54.6 Å². The zero-order valence-electron chi connectivity index (χ0n) is 14.9. The van der Waals surface area contributed by atoms with Crippen molar-refractivity contribution in [2.75, 3.05) is 0 Å². The molecule has 2 N–H and O–H groups in total. The van der Waals surface area contributed by atoms with E-state index >= 15 is 0 Å². The van der Waals surface area contributed by atoms with E-state index in [1.165, 1.54) is 12.1 Å². The molecule has 1 atom stereocenters. The van der Waals surface area contributed by atoms with Crippen LogP contribution in [0.1, 0.15) is 40.4 Å². The number of rotatable bonds is 6. The quantitative estimate of drug-likeness (QED) is 0.705. The van der Waals surface area contributed by atoms with E-state index in [0.717, 1.165) is 28.1 Å². The molecular formula is C21H22FN3O. The monoisotopic (exact) mass is 351 g/mol.